The Labute approximate surface area is 197 Å². The molecule has 0 radical (unpaired) electrons. The molecule has 3 rings (SSSR count). The molecule has 0 spiro atoms. The van der Waals surface area contributed by atoms with Gasteiger partial charge < -0.3 is 14.5 Å². The predicted octanol–water partition coefficient (Wildman–Crippen LogP) is 5.28. The van der Waals surface area contributed by atoms with Gasteiger partial charge in [-0.25, -0.2) is 0 Å². The van der Waals surface area contributed by atoms with Crippen LogP contribution in [-0.4, -0.2) is 39.7 Å². The molecule has 176 valence electrons. The molecule has 1 atom stereocenters. The molecule has 0 amide bonds. The van der Waals surface area contributed by atoms with Crippen LogP contribution in [0.15, 0.2) is 60.7 Å². The van der Waals surface area contributed by atoms with Crippen LogP contribution in [-0.2, 0) is 9.16 Å². The van der Waals surface area contributed by atoms with E-state index in [1.165, 1.54) is 10.4 Å². The quantitative estimate of drug-likeness (QED) is 0.392. The lowest BCUT2D eigenvalue weighted by molar-refractivity contribution is -0.0532. The minimum atomic E-state index is -2.46. The monoisotopic (exact) mass is 453 g/mol. The van der Waals surface area contributed by atoms with Gasteiger partial charge in [-0.3, -0.25) is 0 Å². The van der Waals surface area contributed by atoms with Crippen LogP contribution in [0.1, 0.15) is 66.7 Å². The second-order valence-corrected chi connectivity index (χ2v) is 14.9. The molecule has 2 aromatic carbocycles. The summed E-state index contributed by atoms with van der Waals surface area (Å²) in [5.74, 6) is 0. The lowest BCUT2D eigenvalue weighted by atomic mass is 9.94. The minimum absolute atomic E-state index is 0.0245. The normalized spacial score (nSPS) is 17.8. The van der Waals surface area contributed by atoms with Crippen molar-refractivity contribution in [1.29, 1.82) is 0 Å². The van der Waals surface area contributed by atoms with Gasteiger partial charge >= 0.3 is 0 Å². The molecule has 1 N–H and O–H groups in total. The van der Waals surface area contributed by atoms with E-state index in [0.29, 0.717) is 0 Å². The Morgan fingerprint density at radius 1 is 0.906 bits per heavy atom. The van der Waals surface area contributed by atoms with Gasteiger partial charge in [0.15, 0.2) is 0 Å². The summed E-state index contributed by atoms with van der Waals surface area (Å²) in [6.45, 7) is 14.6. The summed E-state index contributed by atoms with van der Waals surface area (Å²) in [5.41, 5.74) is 0.0578. The fourth-order valence-electron chi connectivity index (χ4n) is 5.00. The van der Waals surface area contributed by atoms with Crippen LogP contribution in [0, 0.1) is 0 Å². The van der Waals surface area contributed by atoms with E-state index in [1.807, 2.05) is 0 Å². The van der Waals surface area contributed by atoms with Crippen molar-refractivity contribution < 1.29 is 9.16 Å². The maximum atomic E-state index is 7.18. The molecule has 0 saturated carbocycles. The lowest BCUT2D eigenvalue weighted by Gasteiger charge is -2.44. The molecule has 2 aromatic rings. The van der Waals surface area contributed by atoms with E-state index in [4.69, 9.17) is 9.16 Å². The van der Waals surface area contributed by atoms with Crippen LogP contribution in [0.4, 0.5) is 0 Å². The van der Waals surface area contributed by atoms with E-state index in [-0.39, 0.29) is 16.7 Å². The zero-order valence-electron chi connectivity index (χ0n) is 20.8. The third-order valence-corrected chi connectivity index (χ3v) is 12.1. The average Bonchev–Trinajstić information content (AvgIpc) is 2.78. The van der Waals surface area contributed by atoms with Crippen molar-refractivity contribution in [3.8, 4) is 0 Å². The van der Waals surface area contributed by atoms with E-state index in [2.05, 4.69) is 101 Å². The summed E-state index contributed by atoms with van der Waals surface area (Å²) in [5, 5.41) is 6.16. The van der Waals surface area contributed by atoms with Gasteiger partial charge in [-0.1, -0.05) is 81.4 Å². The van der Waals surface area contributed by atoms with Gasteiger partial charge in [0.25, 0.3) is 8.32 Å². The van der Waals surface area contributed by atoms with Crippen LogP contribution in [0.25, 0.3) is 0 Å². The highest BCUT2D eigenvalue weighted by Gasteiger charge is 2.50. The minimum Gasteiger partial charge on any atom is -0.405 e. The number of benzene rings is 2. The molecule has 1 saturated heterocycles. The zero-order chi connectivity index (χ0) is 23.1. The van der Waals surface area contributed by atoms with Crippen molar-refractivity contribution in [3.63, 3.8) is 0 Å². The summed E-state index contributed by atoms with van der Waals surface area (Å²) in [4.78, 5) is 0. The van der Waals surface area contributed by atoms with Crippen LogP contribution in [0.2, 0.25) is 5.04 Å². The summed E-state index contributed by atoms with van der Waals surface area (Å²) in [6.07, 6.45) is 5.72. The number of hydrogen-bond acceptors (Lipinski definition) is 3. The third kappa shape index (κ3) is 6.10. The van der Waals surface area contributed by atoms with Gasteiger partial charge in [0, 0.05) is 12.7 Å². The first-order chi connectivity index (χ1) is 15.3. The van der Waals surface area contributed by atoms with Crippen LogP contribution in [0.5, 0.6) is 0 Å². The predicted molar refractivity (Wildman–Crippen MR) is 138 cm³/mol. The Morgan fingerprint density at radius 2 is 1.44 bits per heavy atom. The van der Waals surface area contributed by atoms with Crippen molar-refractivity contribution in [3.05, 3.63) is 60.7 Å². The van der Waals surface area contributed by atoms with Crippen molar-refractivity contribution in [1.82, 2.24) is 5.32 Å². The molecular weight excluding hydrogens is 410 g/mol. The van der Waals surface area contributed by atoms with Crippen LogP contribution < -0.4 is 15.7 Å². The standard InChI is InChI=1S/C28H43NO2Si/c1-24(14-12-13-23-30-28(5)19-21-29-22-20-28)31-32(27(2,3)4,25-15-8-6-9-16-25)26-17-10-7-11-18-26/h6-11,15-18,24,29H,12-14,19-23H2,1-5H3/t24-/m1/s1. The summed E-state index contributed by atoms with van der Waals surface area (Å²) in [6, 6.07) is 21.9. The molecule has 3 nitrogen and oxygen atoms in total. The summed E-state index contributed by atoms with van der Waals surface area (Å²) < 4.78 is 13.5. The largest absolute Gasteiger partial charge is 0.405 e. The van der Waals surface area contributed by atoms with Crippen molar-refractivity contribution in [2.75, 3.05) is 19.7 Å². The average molecular weight is 454 g/mol. The summed E-state index contributed by atoms with van der Waals surface area (Å²) in [7, 11) is -2.46. The SMILES string of the molecule is C[C@H](CCCCOC1(C)CCNCC1)O[Si](c1ccccc1)(c1ccccc1)C(C)(C)C. The van der Waals surface area contributed by atoms with Gasteiger partial charge in [-0.2, -0.15) is 0 Å². The molecule has 4 heteroatoms. The second-order valence-electron chi connectivity index (χ2n) is 10.6. The first kappa shape index (κ1) is 25.2. The molecule has 1 aliphatic heterocycles. The Bertz CT molecular complexity index is 758. The Balaban J connectivity index is 1.67. The molecule has 0 bridgehead atoms. The van der Waals surface area contributed by atoms with Gasteiger partial charge in [0.05, 0.1) is 5.60 Å². The Hall–Kier alpha value is -1.46. The molecule has 1 heterocycles. The van der Waals surface area contributed by atoms with Crippen molar-refractivity contribution in [2.45, 2.75) is 83.5 Å². The number of hydrogen-bond donors (Lipinski definition) is 1. The molecule has 0 unspecified atom stereocenters. The molecule has 32 heavy (non-hydrogen) atoms. The highest BCUT2D eigenvalue weighted by atomic mass is 28.4. The van der Waals surface area contributed by atoms with Crippen molar-refractivity contribution in [2.24, 2.45) is 0 Å². The topological polar surface area (TPSA) is 30.5 Å². The van der Waals surface area contributed by atoms with E-state index >= 15 is 0 Å². The summed E-state index contributed by atoms with van der Waals surface area (Å²) >= 11 is 0. The van der Waals surface area contributed by atoms with Gasteiger partial charge in [-0.15, -0.1) is 0 Å². The molecule has 0 aromatic heterocycles. The highest BCUT2D eigenvalue weighted by molar-refractivity contribution is 6.99. The number of ether oxygens (including phenoxy) is 1. The molecule has 1 fully saturated rings. The number of piperidine rings is 1. The second kappa shape index (κ2) is 11.1. The first-order valence-corrected chi connectivity index (χ1v) is 14.3. The van der Waals surface area contributed by atoms with E-state index in [0.717, 1.165) is 51.8 Å². The van der Waals surface area contributed by atoms with E-state index in [9.17, 15) is 0 Å². The maximum Gasteiger partial charge on any atom is 0.261 e. The number of unbranched alkanes of at least 4 members (excludes halogenated alkanes) is 1. The van der Waals surface area contributed by atoms with Crippen LogP contribution in [0.3, 0.4) is 0 Å². The smallest absolute Gasteiger partial charge is 0.261 e. The Morgan fingerprint density at radius 3 is 1.94 bits per heavy atom. The molecule has 1 aliphatic rings. The van der Waals surface area contributed by atoms with Crippen molar-refractivity contribution >= 4 is 18.7 Å². The highest BCUT2D eigenvalue weighted by Crippen LogP contribution is 2.38. The number of rotatable bonds is 10. The zero-order valence-corrected chi connectivity index (χ0v) is 21.8. The molecule has 0 aliphatic carbocycles. The third-order valence-electron chi connectivity index (χ3n) is 6.91. The van der Waals surface area contributed by atoms with Gasteiger partial charge in [-0.05, 0) is 74.5 Å². The Kier molecular flexibility index (Phi) is 8.73. The fourth-order valence-corrected chi connectivity index (χ4v) is 9.74. The van der Waals surface area contributed by atoms with Gasteiger partial charge in [0.2, 0.25) is 0 Å². The first-order valence-electron chi connectivity index (χ1n) is 12.4. The maximum absolute atomic E-state index is 7.18. The number of nitrogens with one attached hydrogen (secondary N) is 1. The molecular formula is C28H43NO2Si. The van der Waals surface area contributed by atoms with E-state index < -0.39 is 8.32 Å². The van der Waals surface area contributed by atoms with Crippen LogP contribution >= 0.6 is 0 Å². The fraction of sp³-hybridized carbons (Fsp3) is 0.571. The van der Waals surface area contributed by atoms with E-state index in [1.54, 1.807) is 0 Å². The van der Waals surface area contributed by atoms with Gasteiger partial charge in [0.1, 0.15) is 0 Å². The lowest BCUT2D eigenvalue weighted by Crippen LogP contribution is -2.67.